The highest BCUT2D eigenvalue weighted by molar-refractivity contribution is 7.20. The van der Waals surface area contributed by atoms with Crippen molar-refractivity contribution in [3.8, 4) is 16.2 Å². The molecule has 7 heteroatoms. The molecule has 3 aromatic rings. The molecule has 0 radical (unpaired) electrons. The molecule has 33 heavy (non-hydrogen) atoms. The van der Waals surface area contributed by atoms with Crippen LogP contribution in [0.1, 0.15) is 28.8 Å². The Morgan fingerprint density at radius 1 is 1.03 bits per heavy atom. The Morgan fingerprint density at radius 2 is 1.70 bits per heavy atom. The number of hydrogen-bond donors (Lipinski definition) is 1. The second-order valence-corrected chi connectivity index (χ2v) is 8.86. The molecule has 1 saturated heterocycles. The number of carbonyl (C=O) groups excluding carboxylic acids is 2. The van der Waals surface area contributed by atoms with E-state index in [1.165, 1.54) is 11.3 Å². The minimum atomic E-state index is -0.122. The standard InChI is InChI=1S/C26H28N2O4S/c1-19-23(26(30)28-14-17-31-18-15-28)25(33-24(19)20-9-4-2-5-10-20)27-22(29)13-8-16-32-21-11-6-3-7-12-21/h2-7,9-12H,8,13-18H2,1H3,(H,27,29). The van der Waals surface area contributed by atoms with Gasteiger partial charge in [0.05, 0.1) is 25.4 Å². The zero-order valence-corrected chi connectivity index (χ0v) is 19.5. The van der Waals surface area contributed by atoms with E-state index in [2.05, 4.69) is 5.32 Å². The Bertz CT molecular complexity index is 1080. The number of thiophene rings is 1. The first kappa shape index (κ1) is 23.0. The molecule has 0 bridgehead atoms. The number of carbonyl (C=O) groups is 2. The molecule has 0 aliphatic carbocycles. The molecule has 0 unspecified atom stereocenters. The first-order valence-corrected chi connectivity index (χ1v) is 12.0. The van der Waals surface area contributed by atoms with E-state index in [0.717, 1.165) is 21.8 Å². The van der Waals surface area contributed by atoms with Crippen molar-refractivity contribution in [1.82, 2.24) is 4.90 Å². The molecule has 0 saturated carbocycles. The van der Waals surface area contributed by atoms with Gasteiger partial charge in [0.2, 0.25) is 5.91 Å². The Labute approximate surface area is 198 Å². The van der Waals surface area contributed by atoms with Crippen LogP contribution in [0.3, 0.4) is 0 Å². The number of amides is 2. The fourth-order valence-corrected chi connectivity index (χ4v) is 5.00. The van der Waals surface area contributed by atoms with Gasteiger partial charge in [-0.3, -0.25) is 9.59 Å². The Balaban J connectivity index is 1.48. The van der Waals surface area contributed by atoms with Crippen LogP contribution in [0.5, 0.6) is 5.75 Å². The monoisotopic (exact) mass is 464 g/mol. The molecular weight excluding hydrogens is 436 g/mol. The second-order valence-electron chi connectivity index (χ2n) is 7.84. The van der Waals surface area contributed by atoms with Crippen molar-refractivity contribution in [3.63, 3.8) is 0 Å². The first-order valence-electron chi connectivity index (χ1n) is 11.2. The van der Waals surface area contributed by atoms with Crippen molar-refractivity contribution in [3.05, 3.63) is 71.8 Å². The van der Waals surface area contributed by atoms with Crippen LogP contribution < -0.4 is 10.1 Å². The van der Waals surface area contributed by atoms with Crippen molar-refractivity contribution in [2.75, 3.05) is 38.2 Å². The predicted octanol–water partition coefficient (Wildman–Crippen LogP) is 4.99. The smallest absolute Gasteiger partial charge is 0.257 e. The lowest BCUT2D eigenvalue weighted by molar-refractivity contribution is -0.116. The van der Waals surface area contributed by atoms with Gasteiger partial charge in [-0.25, -0.2) is 0 Å². The highest BCUT2D eigenvalue weighted by Gasteiger charge is 2.27. The van der Waals surface area contributed by atoms with E-state index >= 15 is 0 Å². The predicted molar refractivity (Wildman–Crippen MR) is 131 cm³/mol. The number of rotatable bonds is 8. The summed E-state index contributed by atoms with van der Waals surface area (Å²) in [6.07, 6.45) is 0.902. The highest BCUT2D eigenvalue weighted by Crippen LogP contribution is 2.40. The number of benzene rings is 2. The molecule has 2 amide bonds. The van der Waals surface area contributed by atoms with Gasteiger partial charge in [0.25, 0.3) is 5.91 Å². The van der Waals surface area contributed by atoms with Gasteiger partial charge in [-0.05, 0) is 36.6 Å². The van der Waals surface area contributed by atoms with Crippen LogP contribution in [0, 0.1) is 6.92 Å². The molecule has 1 fully saturated rings. The molecule has 2 heterocycles. The zero-order valence-electron chi connectivity index (χ0n) is 18.7. The van der Waals surface area contributed by atoms with Gasteiger partial charge < -0.3 is 19.7 Å². The summed E-state index contributed by atoms with van der Waals surface area (Å²) in [6.45, 7) is 4.58. The van der Waals surface area contributed by atoms with Gasteiger partial charge in [0.15, 0.2) is 0 Å². The van der Waals surface area contributed by atoms with Gasteiger partial charge in [-0.1, -0.05) is 48.5 Å². The SMILES string of the molecule is Cc1c(-c2ccccc2)sc(NC(=O)CCCOc2ccccc2)c1C(=O)N1CCOCC1. The summed E-state index contributed by atoms with van der Waals surface area (Å²) >= 11 is 1.45. The van der Waals surface area contributed by atoms with Gasteiger partial charge in [0, 0.05) is 24.4 Å². The van der Waals surface area contributed by atoms with Crippen LogP contribution >= 0.6 is 11.3 Å². The Morgan fingerprint density at radius 3 is 2.39 bits per heavy atom. The van der Waals surface area contributed by atoms with Gasteiger partial charge in [-0.2, -0.15) is 0 Å². The van der Waals surface area contributed by atoms with E-state index in [0.29, 0.717) is 56.3 Å². The molecule has 0 spiro atoms. The molecule has 1 aliphatic rings. The van der Waals surface area contributed by atoms with E-state index < -0.39 is 0 Å². The fraction of sp³-hybridized carbons (Fsp3) is 0.308. The maximum atomic E-state index is 13.4. The number of morpholine rings is 1. The summed E-state index contributed by atoms with van der Waals surface area (Å²) < 4.78 is 11.1. The number of nitrogens with one attached hydrogen (secondary N) is 1. The van der Waals surface area contributed by atoms with Gasteiger partial charge >= 0.3 is 0 Å². The van der Waals surface area contributed by atoms with E-state index in [-0.39, 0.29) is 11.8 Å². The maximum Gasteiger partial charge on any atom is 0.257 e. The summed E-state index contributed by atoms with van der Waals surface area (Å²) in [5.74, 6) is 0.609. The van der Waals surface area contributed by atoms with E-state index in [9.17, 15) is 9.59 Å². The minimum absolute atomic E-state index is 0.0584. The van der Waals surface area contributed by atoms with Crippen molar-refractivity contribution in [2.24, 2.45) is 0 Å². The first-order chi connectivity index (χ1) is 16.1. The van der Waals surface area contributed by atoms with Crippen LogP contribution in [-0.4, -0.2) is 49.6 Å². The van der Waals surface area contributed by atoms with Crippen LogP contribution in [0.25, 0.3) is 10.4 Å². The fourth-order valence-electron chi connectivity index (χ4n) is 3.78. The van der Waals surface area contributed by atoms with E-state index in [4.69, 9.17) is 9.47 Å². The van der Waals surface area contributed by atoms with Crippen LogP contribution in [0.4, 0.5) is 5.00 Å². The number of ether oxygens (including phenoxy) is 2. The summed E-state index contributed by atoms with van der Waals surface area (Å²) in [7, 11) is 0. The quantitative estimate of drug-likeness (QED) is 0.477. The van der Waals surface area contributed by atoms with E-state index in [1.807, 2.05) is 67.6 Å². The molecule has 1 aromatic heterocycles. The van der Waals surface area contributed by atoms with Crippen molar-refractivity contribution < 1.29 is 19.1 Å². The summed E-state index contributed by atoms with van der Waals surface area (Å²) in [5.41, 5.74) is 2.51. The molecule has 6 nitrogen and oxygen atoms in total. The number of para-hydroxylation sites is 1. The average Bonchev–Trinajstić information content (AvgIpc) is 3.18. The molecular formula is C26H28N2O4S. The molecule has 1 N–H and O–H groups in total. The number of anilines is 1. The second kappa shape index (κ2) is 11.1. The molecule has 2 aromatic carbocycles. The third kappa shape index (κ3) is 5.80. The van der Waals surface area contributed by atoms with Gasteiger partial charge in [0.1, 0.15) is 10.8 Å². The summed E-state index contributed by atoms with van der Waals surface area (Å²) in [5, 5.41) is 3.61. The number of hydrogen-bond acceptors (Lipinski definition) is 5. The normalized spacial score (nSPS) is 13.5. The van der Waals surface area contributed by atoms with Crippen molar-refractivity contribution in [2.45, 2.75) is 19.8 Å². The lowest BCUT2D eigenvalue weighted by Gasteiger charge is -2.27. The zero-order chi connectivity index (χ0) is 23.0. The molecule has 0 atom stereocenters. The van der Waals surface area contributed by atoms with Crippen LogP contribution in [0.2, 0.25) is 0 Å². The topological polar surface area (TPSA) is 67.9 Å². The van der Waals surface area contributed by atoms with Gasteiger partial charge in [-0.15, -0.1) is 11.3 Å². The average molecular weight is 465 g/mol. The maximum absolute atomic E-state index is 13.4. The summed E-state index contributed by atoms with van der Waals surface area (Å²) in [4.78, 5) is 28.9. The van der Waals surface area contributed by atoms with Crippen LogP contribution in [0.15, 0.2) is 60.7 Å². The van der Waals surface area contributed by atoms with Crippen molar-refractivity contribution >= 4 is 28.2 Å². The third-order valence-electron chi connectivity index (χ3n) is 5.51. The lowest BCUT2D eigenvalue weighted by atomic mass is 10.1. The lowest BCUT2D eigenvalue weighted by Crippen LogP contribution is -2.41. The highest BCUT2D eigenvalue weighted by atomic mass is 32.1. The number of nitrogens with zero attached hydrogens (tertiary/aromatic N) is 1. The third-order valence-corrected chi connectivity index (χ3v) is 6.76. The molecule has 1 aliphatic heterocycles. The largest absolute Gasteiger partial charge is 0.494 e. The molecule has 4 rings (SSSR count). The summed E-state index contributed by atoms with van der Waals surface area (Å²) in [6, 6.07) is 19.5. The molecule has 172 valence electrons. The Hall–Kier alpha value is -3.16. The minimum Gasteiger partial charge on any atom is -0.494 e. The van der Waals surface area contributed by atoms with Crippen molar-refractivity contribution in [1.29, 1.82) is 0 Å². The van der Waals surface area contributed by atoms with Crippen LogP contribution in [-0.2, 0) is 9.53 Å². The van der Waals surface area contributed by atoms with E-state index in [1.54, 1.807) is 4.90 Å². The Kier molecular flexibility index (Phi) is 7.75.